The fourth-order valence-corrected chi connectivity index (χ4v) is 3.34. The molecule has 1 amide bonds. The normalized spacial score (nSPS) is 11.1. The summed E-state index contributed by atoms with van der Waals surface area (Å²) >= 11 is 0. The van der Waals surface area contributed by atoms with Crippen molar-refractivity contribution >= 4 is 15.9 Å². The molecule has 0 saturated heterocycles. The molecule has 0 radical (unpaired) electrons. The second kappa shape index (κ2) is 4.94. The number of amides is 1. The summed E-state index contributed by atoms with van der Waals surface area (Å²) in [6.45, 7) is 10.2. The number of hydrogen-bond acceptors (Lipinski definition) is 3. The Kier molecular flexibility index (Phi) is 3.96. The second-order valence-electron chi connectivity index (χ2n) is 4.44. The van der Waals surface area contributed by atoms with Crippen LogP contribution in [-0.4, -0.2) is 14.3 Å². The summed E-state index contributed by atoms with van der Waals surface area (Å²) in [6, 6.07) is 3.54. The first-order valence-corrected chi connectivity index (χ1v) is 6.94. The average Bonchev–Trinajstić information content (AvgIpc) is 2.13. The zero-order valence-corrected chi connectivity index (χ0v) is 11.8. The summed E-state index contributed by atoms with van der Waals surface area (Å²) in [4.78, 5) is 11.6. The molecular weight excluding hydrogens is 250 g/mol. The Morgan fingerprint density at radius 3 is 2.00 bits per heavy atom. The topological polar surface area (TPSA) is 63.2 Å². The van der Waals surface area contributed by atoms with Gasteiger partial charge in [-0.3, -0.25) is 4.79 Å². The summed E-state index contributed by atoms with van der Waals surface area (Å²) in [6.07, 6.45) is 0. The van der Waals surface area contributed by atoms with Gasteiger partial charge in [0, 0.05) is 5.57 Å². The van der Waals surface area contributed by atoms with Gasteiger partial charge in [-0.25, -0.2) is 13.1 Å². The van der Waals surface area contributed by atoms with Crippen LogP contribution in [0.15, 0.2) is 29.2 Å². The van der Waals surface area contributed by atoms with Crippen molar-refractivity contribution in [3.05, 3.63) is 41.0 Å². The number of rotatable bonds is 3. The third kappa shape index (κ3) is 2.98. The predicted octanol–water partition coefficient (Wildman–Crippen LogP) is 1.99. The number of sulfonamides is 1. The van der Waals surface area contributed by atoms with Gasteiger partial charge in [0.05, 0.1) is 4.90 Å². The van der Waals surface area contributed by atoms with E-state index in [1.807, 2.05) is 11.6 Å². The van der Waals surface area contributed by atoms with Crippen molar-refractivity contribution in [2.75, 3.05) is 0 Å². The van der Waals surface area contributed by atoms with Crippen LogP contribution < -0.4 is 4.72 Å². The van der Waals surface area contributed by atoms with Crippen LogP contribution in [0.1, 0.15) is 23.6 Å². The third-order valence-corrected chi connectivity index (χ3v) is 4.12. The monoisotopic (exact) mass is 267 g/mol. The van der Waals surface area contributed by atoms with Crippen LogP contribution >= 0.6 is 0 Å². The van der Waals surface area contributed by atoms with Gasteiger partial charge >= 0.3 is 0 Å². The number of carbonyl (C=O) groups excluding carboxylic acids is 1. The van der Waals surface area contributed by atoms with Crippen LogP contribution in [-0.2, 0) is 14.8 Å². The maximum Gasteiger partial charge on any atom is 0.264 e. The molecule has 0 aliphatic heterocycles. The van der Waals surface area contributed by atoms with Crippen LogP contribution in [0.5, 0.6) is 0 Å². The molecule has 0 aromatic heterocycles. The molecule has 0 atom stereocenters. The largest absolute Gasteiger partial charge is 0.269 e. The van der Waals surface area contributed by atoms with E-state index < -0.39 is 15.9 Å². The quantitative estimate of drug-likeness (QED) is 0.852. The Morgan fingerprint density at radius 2 is 1.61 bits per heavy atom. The fraction of sp³-hybridized carbons (Fsp3) is 0.308. The van der Waals surface area contributed by atoms with Crippen molar-refractivity contribution in [1.29, 1.82) is 0 Å². The Balaban J connectivity index is 3.30. The fourth-order valence-electron chi connectivity index (χ4n) is 1.85. The first-order chi connectivity index (χ1) is 8.15. The lowest BCUT2D eigenvalue weighted by molar-refractivity contribution is -0.115. The molecule has 0 unspecified atom stereocenters. The molecule has 0 aliphatic carbocycles. The smallest absolute Gasteiger partial charge is 0.264 e. The van der Waals surface area contributed by atoms with Crippen molar-refractivity contribution in [3.8, 4) is 0 Å². The van der Waals surface area contributed by atoms with Gasteiger partial charge in [0.15, 0.2) is 0 Å². The molecular formula is C13H17NO3S. The van der Waals surface area contributed by atoms with Crippen LogP contribution in [0.4, 0.5) is 0 Å². The number of hydrogen-bond donors (Lipinski definition) is 1. The number of benzene rings is 1. The third-order valence-electron chi connectivity index (χ3n) is 2.49. The Hall–Kier alpha value is -1.62. The Bertz CT molecular complexity index is 592. The summed E-state index contributed by atoms with van der Waals surface area (Å²) in [5, 5.41) is 0. The summed E-state index contributed by atoms with van der Waals surface area (Å²) in [7, 11) is -3.84. The molecule has 4 nitrogen and oxygen atoms in total. The molecule has 1 rings (SSSR count). The maximum atomic E-state index is 12.1. The number of nitrogens with one attached hydrogen (secondary N) is 1. The van der Waals surface area contributed by atoms with Crippen LogP contribution in [0, 0.1) is 20.8 Å². The van der Waals surface area contributed by atoms with E-state index in [0.717, 1.165) is 5.56 Å². The first-order valence-electron chi connectivity index (χ1n) is 5.45. The molecule has 1 aromatic rings. The molecule has 0 spiro atoms. The van der Waals surface area contributed by atoms with Gasteiger partial charge in [-0.1, -0.05) is 24.3 Å². The lowest BCUT2D eigenvalue weighted by atomic mass is 10.1. The van der Waals surface area contributed by atoms with Gasteiger partial charge in [0.1, 0.15) is 0 Å². The van der Waals surface area contributed by atoms with Crippen LogP contribution in [0.2, 0.25) is 0 Å². The minimum absolute atomic E-state index is 0.154. The van der Waals surface area contributed by atoms with Crippen LogP contribution in [0.3, 0.4) is 0 Å². The molecule has 0 bridgehead atoms. The molecule has 18 heavy (non-hydrogen) atoms. The van der Waals surface area contributed by atoms with Gasteiger partial charge in [-0.2, -0.15) is 0 Å². The minimum Gasteiger partial charge on any atom is -0.269 e. The molecule has 1 aromatic carbocycles. The average molecular weight is 267 g/mol. The van der Waals surface area contributed by atoms with E-state index in [-0.39, 0.29) is 10.5 Å². The second-order valence-corrected chi connectivity index (χ2v) is 6.06. The molecule has 0 fully saturated rings. The standard InChI is InChI=1S/C13H17NO3S/c1-8(2)13(15)14-18(16,17)12-10(4)6-9(3)7-11(12)5/h6-7H,1H2,2-5H3,(H,14,15). The number of carbonyl (C=O) groups is 1. The van der Waals surface area contributed by atoms with E-state index >= 15 is 0 Å². The molecule has 1 N–H and O–H groups in total. The van der Waals surface area contributed by atoms with Crippen molar-refractivity contribution in [2.24, 2.45) is 0 Å². The highest BCUT2D eigenvalue weighted by molar-refractivity contribution is 7.90. The zero-order valence-electron chi connectivity index (χ0n) is 11.0. The lowest BCUT2D eigenvalue weighted by Crippen LogP contribution is -2.31. The molecule has 98 valence electrons. The van der Waals surface area contributed by atoms with Gasteiger partial charge in [-0.15, -0.1) is 0 Å². The zero-order chi connectivity index (χ0) is 14.1. The molecule has 0 aliphatic rings. The Morgan fingerprint density at radius 1 is 1.17 bits per heavy atom. The SMILES string of the molecule is C=C(C)C(=O)NS(=O)(=O)c1c(C)cc(C)cc1C. The van der Waals surface area contributed by atoms with Crippen LogP contribution in [0.25, 0.3) is 0 Å². The van der Waals surface area contributed by atoms with E-state index in [2.05, 4.69) is 6.58 Å². The first kappa shape index (κ1) is 14.4. The van der Waals surface area contributed by atoms with Crippen molar-refractivity contribution in [2.45, 2.75) is 32.6 Å². The maximum absolute atomic E-state index is 12.1. The highest BCUT2D eigenvalue weighted by Gasteiger charge is 2.22. The van der Waals surface area contributed by atoms with Gasteiger partial charge in [0.2, 0.25) is 0 Å². The number of aryl methyl sites for hydroxylation is 3. The molecule has 0 saturated carbocycles. The van der Waals surface area contributed by atoms with Gasteiger partial charge in [-0.05, 0) is 38.8 Å². The highest BCUT2D eigenvalue weighted by Crippen LogP contribution is 2.21. The predicted molar refractivity (Wildman–Crippen MR) is 70.8 cm³/mol. The Labute approximate surface area is 108 Å². The van der Waals surface area contributed by atoms with Crippen molar-refractivity contribution in [3.63, 3.8) is 0 Å². The van der Waals surface area contributed by atoms with E-state index in [4.69, 9.17) is 0 Å². The molecule has 5 heteroatoms. The van der Waals surface area contributed by atoms with Crippen molar-refractivity contribution < 1.29 is 13.2 Å². The van der Waals surface area contributed by atoms with E-state index in [9.17, 15) is 13.2 Å². The molecule has 0 heterocycles. The highest BCUT2D eigenvalue weighted by atomic mass is 32.2. The summed E-state index contributed by atoms with van der Waals surface area (Å²) in [5.74, 6) is -0.686. The van der Waals surface area contributed by atoms with E-state index in [1.54, 1.807) is 26.0 Å². The minimum atomic E-state index is -3.84. The van der Waals surface area contributed by atoms with Crippen molar-refractivity contribution in [1.82, 2.24) is 4.72 Å². The van der Waals surface area contributed by atoms with Gasteiger partial charge in [0.25, 0.3) is 15.9 Å². The van der Waals surface area contributed by atoms with E-state index in [0.29, 0.717) is 11.1 Å². The van der Waals surface area contributed by atoms with Gasteiger partial charge < -0.3 is 0 Å². The summed E-state index contributed by atoms with van der Waals surface area (Å²) < 4.78 is 26.3. The lowest BCUT2D eigenvalue weighted by Gasteiger charge is -2.12. The van der Waals surface area contributed by atoms with E-state index in [1.165, 1.54) is 6.92 Å². The summed E-state index contributed by atoms with van der Waals surface area (Å²) in [5.41, 5.74) is 2.38.